The van der Waals surface area contributed by atoms with Gasteiger partial charge in [-0.25, -0.2) is 0 Å². The van der Waals surface area contributed by atoms with Crippen molar-refractivity contribution in [1.29, 1.82) is 5.26 Å². The van der Waals surface area contributed by atoms with Crippen LogP contribution in [0.5, 0.6) is 0 Å². The Kier molecular flexibility index (Phi) is 3.38. The monoisotopic (exact) mass is 151 g/mol. The summed E-state index contributed by atoms with van der Waals surface area (Å²) in [5, 5.41) is 8.48. The predicted molar refractivity (Wildman–Crippen MR) is 44.8 cm³/mol. The van der Waals surface area contributed by atoms with Gasteiger partial charge in [0, 0.05) is 6.04 Å². The number of nitrogens with zero attached hydrogens (tertiary/aromatic N) is 2. The number of nitriles is 1. The summed E-state index contributed by atoms with van der Waals surface area (Å²) >= 11 is 0. The smallest absolute Gasteiger partial charge is 0.0638 e. The largest absolute Gasteiger partial charge is 0.300 e. The van der Waals surface area contributed by atoms with Crippen LogP contribution in [-0.2, 0) is 0 Å². The normalized spacial score (nSPS) is 22.5. The van der Waals surface area contributed by atoms with E-state index in [0.29, 0.717) is 12.5 Å². The van der Waals surface area contributed by atoms with Crippen molar-refractivity contribution in [3.63, 3.8) is 0 Å². The second-order valence-corrected chi connectivity index (χ2v) is 3.11. The van der Waals surface area contributed by atoms with E-state index in [2.05, 4.69) is 24.3 Å². The number of likely N-dealkylation sites (tertiary alicyclic amines) is 1. The fourth-order valence-electron chi connectivity index (χ4n) is 1.47. The molecule has 1 radical (unpaired) electrons. The molecule has 1 rings (SSSR count). The minimum Gasteiger partial charge on any atom is -0.300 e. The Morgan fingerprint density at radius 3 is 2.73 bits per heavy atom. The predicted octanol–water partition coefficient (Wildman–Crippen LogP) is 1.59. The standard InChI is InChI=1S/C9H15N2/c1-9(5-6-10)11-7-3-2-4-8-11/h2,9H,3-5,7-8H2,1H3. The molecule has 0 amide bonds. The molecule has 11 heavy (non-hydrogen) atoms. The fourth-order valence-corrected chi connectivity index (χ4v) is 1.47. The quantitative estimate of drug-likeness (QED) is 0.599. The summed E-state index contributed by atoms with van der Waals surface area (Å²) in [6.45, 7) is 4.42. The Morgan fingerprint density at radius 1 is 1.55 bits per heavy atom. The summed E-state index contributed by atoms with van der Waals surface area (Å²) in [5.41, 5.74) is 0. The molecule has 1 fully saturated rings. The van der Waals surface area contributed by atoms with Gasteiger partial charge < -0.3 is 0 Å². The SMILES string of the molecule is CC(CC#N)N1CC[CH]CC1. The zero-order valence-electron chi connectivity index (χ0n) is 7.08. The van der Waals surface area contributed by atoms with Gasteiger partial charge >= 0.3 is 0 Å². The minimum atomic E-state index is 0.452. The Hall–Kier alpha value is -0.550. The second kappa shape index (κ2) is 4.35. The molecule has 2 heteroatoms. The van der Waals surface area contributed by atoms with Crippen LogP contribution in [0, 0.1) is 17.8 Å². The third-order valence-corrected chi connectivity index (χ3v) is 2.25. The van der Waals surface area contributed by atoms with Gasteiger partial charge in [-0.2, -0.15) is 5.26 Å². The number of piperidine rings is 1. The first-order valence-electron chi connectivity index (χ1n) is 4.27. The zero-order chi connectivity index (χ0) is 8.10. The number of hydrogen-bond acceptors (Lipinski definition) is 2. The molecular formula is C9H15N2. The first-order valence-corrected chi connectivity index (χ1v) is 4.27. The Balaban J connectivity index is 2.27. The Morgan fingerprint density at radius 2 is 2.18 bits per heavy atom. The van der Waals surface area contributed by atoms with E-state index in [1.807, 2.05) is 0 Å². The van der Waals surface area contributed by atoms with Crippen LogP contribution in [-0.4, -0.2) is 24.0 Å². The molecule has 0 aromatic carbocycles. The molecule has 1 heterocycles. The number of rotatable bonds is 2. The highest BCUT2D eigenvalue weighted by Crippen LogP contribution is 2.12. The summed E-state index contributed by atoms with van der Waals surface area (Å²) in [5.74, 6) is 0. The van der Waals surface area contributed by atoms with E-state index < -0.39 is 0 Å². The molecule has 1 saturated heterocycles. The molecule has 0 N–H and O–H groups in total. The summed E-state index contributed by atoms with van der Waals surface area (Å²) in [4.78, 5) is 2.39. The molecule has 0 aromatic heterocycles. The van der Waals surface area contributed by atoms with Crippen molar-refractivity contribution in [2.75, 3.05) is 13.1 Å². The topological polar surface area (TPSA) is 27.0 Å². The molecule has 0 saturated carbocycles. The van der Waals surface area contributed by atoms with E-state index in [4.69, 9.17) is 5.26 Å². The van der Waals surface area contributed by atoms with E-state index >= 15 is 0 Å². The lowest BCUT2D eigenvalue weighted by atomic mass is 10.1. The summed E-state index contributed by atoms with van der Waals surface area (Å²) in [7, 11) is 0. The van der Waals surface area contributed by atoms with E-state index in [0.717, 1.165) is 13.1 Å². The van der Waals surface area contributed by atoms with E-state index in [-0.39, 0.29) is 0 Å². The van der Waals surface area contributed by atoms with Crippen LogP contribution in [0.15, 0.2) is 0 Å². The molecule has 1 aliphatic rings. The highest BCUT2D eigenvalue weighted by atomic mass is 15.1. The summed E-state index contributed by atoms with van der Waals surface area (Å²) < 4.78 is 0. The van der Waals surface area contributed by atoms with E-state index in [1.165, 1.54) is 12.8 Å². The van der Waals surface area contributed by atoms with Crippen molar-refractivity contribution in [3.8, 4) is 6.07 Å². The summed E-state index contributed by atoms with van der Waals surface area (Å²) in [6, 6.07) is 2.67. The van der Waals surface area contributed by atoms with Gasteiger partial charge in [0.25, 0.3) is 0 Å². The molecule has 0 bridgehead atoms. The molecule has 0 aliphatic carbocycles. The van der Waals surface area contributed by atoms with Gasteiger partial charge in [0.15, 0.2) is 0 Å². The molecule has 0 spiro atoms. The van der Waals surface area contributed by atoms with Crippen LogP contribution in [0.1, 0.15) is 26.2 Å². The maximum Gasteiger partial charge on any atom is 0.0638 e. The molecule has 61 valence electrons. The van der Waals surface area contributed by atoms with Gasteiger partial charge in [0.05, 0.1) is 12.5 Å². The van der Waals surface area contributed by atoms with Crippen molar-refractivity contribution in [2.24, 2.45) is 0 Å². The molecule has 0 aromatic rings. The van der Waals surface area contributed by atoms with Crippen LogP contribution in [0.2, 0.25) is 0 Å². The lowest BCUT2D eigenvalue weighted by Crippen LogP contribution is -2.37. The third-order valence-electron chi connectivity index (χ3n) is 2.25. The van der Waals surface area contributed by atoms with E-state index in [1.54, 1.807) is 0 Å². The van der Waals surface area contributed by atoms with Crippen LogP contribution in [0.25, 0.3) is 0 Å². The van der Waals surface area contributed by atoms with Gasteiger partial charge in [-0.15, -0.1) is 0 Å². The highest BCUT2D eigenvalue weighted by molar-refractivity contribution is 4.84. The van der Waals surface area contributed by atoms with Crippen LogP contribution in [0.3, 0.4) is 0 Å². The molecule has 1 atom stereocenters. The van der Waals surface area contributed by atoms with Crippen molar-refractivity contribution < 1.29 is 0 Å². The zero-order valence-corrected chi connectivity index (χ0v) is 7.08. The van der Waals surface area contributed by atoms with Gasteiger partial charge in [-0.3, -0.25) is 4.90 Å². The molecule has 1 unspecified atom stereocenters. The number of hydrogen-bond donors (Lipinski definition) is 0. The van der Waals surface area contributed by atoms with Gasteiger partial charge in [-0.1, -0.05) is 0 Å². The van der Waals surface area contributed by atoms with Crippen LogP contribution in [0.4, 0.5) is 0 Å². The van der Waals surface area contributed by atoms with Crippen LogP contribution >= 0.6 is 0 Å². The second-order valence-electron chi connectivity index (χ2n) is 3.11. The van der Waals surface area contributed by atoms with Crippen molar-refractivity contribution in [1.82, 2.24) is 4.90 Å². The Labute approximate surface area is 68.8 Å². The maximum absolute atomic E-state index is 8.48. The minimum absolute atomic E-state index is 0.452. The van der Waals surface area contributed by atoms with Gasteiger partial charge in [0.1, 0.15) is 0 Å². The average Bonchev–Trinajstić information content (AvgIpc) is 2.07. The lowest BCUT2D eigenvalue weighted by Gasteiger charge is -2.30. The van der Waals surface area contributed by atoms with Crippen molar-refractivity contribution in [2.45, 2.75) is 32.2 Å². The van der Waals surface area contributed by atoms with Gasteiger partial charge in [0.2, 0.25) is 0 Å². The first-order chi connectivity index (χ1) is 5.34. The Bertz CT molecular complexity index is 142. The molecule has 1 aliphatic heterocycles. The van der Waals surface area contributed by atoms with Gasteiger partial charge in [-0.05, 0) is 39.3 Å². The van der Waals surface area contributed by atoms with E-state index in [9.17, 15) is 0 Å². The molecule has 2 nitrogen and oxygen atoms in total. The first kappa shape index (κ1) is 8.55. The maximum atomic E-state index is 8.48. The average molecular weight is 151 g/mol. The van der Waals surface area contributed by atoms with Crippen LogP contribution < -0.4 is 0 Å². The lowest BCUT2D eigenvalue weighted by molar-refractivity contribution is 0.195. The molecular weight excluding hydrogens is 136 g/mol. The fraction of sp³-hybridized carbons (Fsp3) is 0.778. The highest BCUT2D eigenvalue weighted by Gasteiger charge is 2.15. The third kappa shape index (κ3) is 2.51. The van der Waals surface area contributed by atoms with Crippen molar-refractivity contribution >= 4 is 0 Å². The van der Waals surface area contributed by atoms with Crippen molar-refractivity contribution in [3.05, 3.63) is 6.42 Å². The summed E-state index contributed by atoms with van der Waals surface area (Å²) in [6.07, 6.45) is 5.38.